The molecule has 40 heavy (non-hydrogen) atoms. The molecule has 1 saturated heterocycles. The Labute approximate surface area is 229 Å². The molecule has 212 valence electrons. The van der Waals surface area contributed by atoms with Crippen LogP contribution in [0.1, 0.15) is 63.4 Å². The molecule has 3 aromatic rings. The van der Waals surface area contributed by atoms with E-state index in [0.29, 0.717) is 65.8 Å². The van der Waals surface area contributed by atoms with Gasteiger partial charge in [-0.2, -0.15) is 0 Å². The normalized spacial score (nSPS) is 15.2. The molecule has 4 N–H and O–H groups in total. The molecule has 0 amide bonds. The largest absolute Gasteiger partial charge is 0.493 e. The Morgan fingerprint density at radius 3 is 2.10 bits per heavy atom. The van der Waals surface area contributed by atoms with Gasteiger partial charge in [0.25, 0.3) is 5.56 Å². The zero-order chi connectivity index (χ0) is 29.1. The Morgan fingerprint density at radius 1 is 0.950 bits per heavy atom. The third kappa shape index (κ3) is 5.85. The van der Waals surface area contributed by atoms with E-state index >= 15 is 0 Å². The summed E-state index contributed by atoms with van der Waals surface area (Å²) in [6.45, 7) is 2.64. The summed E-state index contributed by atoms with van der Waals surface area (Å²) in [5.41, 5.74) is 1.60. The van der Waals surface area contributed by atoms with E-state index in [1.165, 1.54) is 20.3 Å². The zero-order valence-corrected chi connectivity index (χ0v) is 22.4. The van der Waals surface area contributed by atoms with Crippen LogP contribution in [0.3, 0.4) is 0 Å². The van der Waals surface area contributed by atoms with Crippen LogP contribution in [0.25, 0.3) is 10.9 Å². The van der Waals surface area contributed by atoms with Gasteiger partial charge in [0.15, 0.2) is 11.5 Å². The molecule has 12 heteroatoms. The van der Waals surface area contributed by atoms with Crippen LogP contribution in [0.15, 0.2) is 29.1 Å². The van der Waals surface area contributed by atoms with Crippen molar-refractivity contribution in [1.29, 1.82) is 0 Å². The second kappa shape index (κ2) is 11.6. The van der Waals surface area contributed by atoms with Gasteiger partial charge in [-0.1, -0.05) is 6.07 Å². The molecule has 1 saturated carbocycles. The lowest BCUT2D eigenvalue weighted by molar-refractivity contribution is -0.142. The molecule has 1 aliphatic heterocycles. The summed E-state index contributed by atoms with van der Waals surface area (Å²) in [6.07, 6.45) is 3.05. The summed E-state index contributed by atoms with van der Waals surface area (Å²) in [5, 5.41) is 27.5. The molecule has 0 unspecified atom stereocenters. The fraction of sp³-hybridized carbons (Fsp3) is 0.393. The standard InChI is InChI=1S/C16H19N3O5.C12H12O4/c1-23-12-7-10-11(8-13(12)24-2)17-16(18-14(10)20)19-5-3-9(4-6-19)15(21)22;1-6-8(11(13)14)4-5-9(7-2-3-7)10(6)12(15)16/h7-9H,3-6H2,1-2H3,(H,21,22)(H,17,18,20);4-5,7H,2-3H2,1H3,(H,13,14)(H,15,16). The Kier molecular flexibility index (Phi) is 8.26. The number of hydrogen-bond donors (Lipinski definition) is 4. The van der Waals surface area contributed by atoms with Crippen molar-refractivity contribution in [1.82, 2.24) is 9.97 Å². The second-order valence-corrected chi connectivity index (χ2v) is 9.80. The maximum absolute atomic E-state index is 12.4. The van der Waals surface area contributed by atoms with Crippen molar-refractivity contribution in [2.45, 2.75) is 38.5 Å². The molecule has 1 aliphatic carbocycles. The molecule has 2 fully saturated rings. The first kappa shape index (κ1) is 28.4. The fourth-order valence-electron chi connectivity index (χ4n) is 4.92. The van der Waals surface area contributed by atoms with Crippen LogP contribution in [0.2, 0.25) is 0 Å². The smallest absolute Gasteiger partial charge is 0.336 e. The molecule has 2 heterocycles. The highest BCUT2D eigenvalue weighted by atomic mass is 16.5. The zero-order valence-electron chi connectivity index (χ0n) is 22.4. The average Bonchev–Trinajstić information content (AvgIpc) is 3.77. The summed E-state index contributed by atoms with van der Waals surface area (Å²) in [4.78, 5) is 54.6. The lowest BCUT2D eigenvalue weighted by atomic mass is 9.94. The topological polar surface area (TPSA) is 179 Å². The van der Waals surface area contributed by atoms with Crippen molar-refractivity contribution in [2.24, 2.45) is 5.92 Å². The van der Waals surface area contributed by atoms with E-state index < -0.39 is 17.9 Å². The number of nitrogens with zero attached hydrogens (tertiary/aromatic N) is 2. The van der Waals surface area contributed by atoms with Gasteiger partial charge in [0.2, 0.25) is 5.95 Å². The monoisotopic (exact) mass is 553 g/mol. The van der Waals surface area contributed by atoms with Crippen molar-refractivity contribution < 1.29 is 39.2 Å². The number of fused-ring (bicyclic) bond motifs is 1. The molecule has 12 nitrogen and oxygen atoms in total. The van der Waals surface area contributed by atoms with Crippen LogP contribution in [0, 0.1) is 12.8 Å². The number of carboxylic acid groups (broad SMARTS) is 3. The van der Waals surface area contributed by atoms with E-state index in [1.807, 2.05) is 4.90 Å². The lowest BCUT2D eigenvalue weighted by Crippen LogP contribution is -2.38. The van der Waals surface area contributed by atoms with Crippen LogP contribution in [-0.2, 0) is 4.79 Å². The number of aromatic nitrogens is 2. The number of nitrogens with one attached hydrogen (secondary N) is 1. The summed E-state index contributed by atoms with van der Waals surface area (Å²) in [7, 11) is 3.03. The number of piperidine rings is 1. The number of anilines is 1. The number of methoxy groups -OCH3 is 2. The molecule has 0 radical (unpaired) electrons. The summed E-state index contributed by atoms with van der Waals surface area (Å²) < 4.78 is 10.5. The van der Waals surface area contributed by atoms with Crippen LogP contribution >= 0.6 is 0 Å². The van der Waals surface area contributed by atoms with E-state index in [4.69, 9.17) is 24.8 Å². The van der Waals surface area contributed by atoms with Crippen molar-refractivity contribution in [3.05, 3.63) is 56.9 Å². The SMILES string of the molecule is COc1cc2nc(N3CCC(C(=O)O)CC3)[nH]c(=O)c2cc1OC.Cc1c(C(=O)O)ccc(C2CC2)c1C(=O)O. The van der Waals surface area contributed by atoms with Gasteiger partial charge >= 0.3 is 17.9 Å². The summed E-state index contributed by atoms with van der Waals surface area (Å²) >= 11 is 0. The number of ether oxygens (including phenoxy) is 2. The number of benzene rings is 2. The number of aliphatic carboxylic acids is 1. The minimum absolute atomic E-state index is 0.0711. The summed E-state index contributed by atoms with van der Waals surface area (Å²) in [5.74, 6) is -1.52. The number of carboxylic acids is 3. The average molecular weight is 554 g/mol. The van der Waals surface area contributed by atoms with Crippen LogP contribution in [0.4, 0.5) is 5.95 Å². The van der Waals surface area contributed by atoms with Gasteiger partial charge in [0.1, 0.15) is 0 Å². The van der Waals surface area contributed by atoms with Crippen molar-refractivity contribution in [3.63, 3.8) is 0 Å². The Morgan fingerprint density at radius 2 is 1.57 bits per heavy atom. The molecule has 5 rings (SSSR count). The molecule has 1 aromatic heterocycles. The predicted molar refractivity (Wildman–Crippen MR) is 145 cm³/mol. The van der Waals surface area contributed by atoms with E-state index in [-0.39, 0.29) is 22.6 Å². The minimum Gasteiger partial charge on any atom is -0.493 e. The highest BCUT2D eigenvalue weighted by Gasteiger charge is 2.30. The highest BCUT2D eigenvalue weighted by molar-refractivity contribution is 5.97. The molecule has 0 atom stereocenters. The van der Waals surface area contributed by atoms with E-state index in [1.54, 1.807) is 25.1 Å². The number of carbonyl (C=O) groups is 3. The van der Waals surface area contributed by atoms with Gasteiger partial charge in [-0.05, 0) is 61.8 Å². The first-order valence-corrected chi connectivity index (χ1v) is 12.8. The first-order chi connectivity index (χ1) is 19.0. The Balaban J connectivity index is 0.000000201. The first-order valence-electron chi connectivity index (χ1n) is 12.8. The van der Waals surface area contributed by atoms with Gasteiger partial charge in [0, 0.05) is 19.2 Å². The number of rotatable bonds is 7. The van der Waals surface area contributed by atoms with Crippen LogP contribution in [0.5, 0.6) is 11.5 Å². The van der Waals surface area contributed by atoms with Crippen LogP contribution < -0.4 is 19.9 Å². The quantitative estimate of drug-likeness (QED) is 0.336. The predicted octanol–water partition coefficient (Wildman–Crippen LogP) is 3.51. The van der Waals surface area contributed by atoms with Gasteiger partial charge in [-0.25, -0.2) is 14.6 Å². The lowest BCUT2D eigenvalue weighted by Gasteiger charge is -2.30. The maximum atomic E-state index is 12.4. The van der Waals surface area contributed by atoms with E-state index in [0.717, 1.165) is 18.4 Å². The van der Waals surface area contributed by atoms with Gasteiger partial charge in [-0.15, -0.1) is 0 Å². The van der Waals surface area contributed by atoms with Crippen LogP contribution in [-0.4, -0.2) is 70.5 Å². The maximum Gasteiger partial charge on any atom is 0.336 e. The van der Waals surface area contributed by atoms with Crippen molar-refractivity contribution in [3.8, 4) is 11.5 Å². The summed E-state index contributed by atoms with van der Waals surface area (Å²) in [6, 6.07) is 6.40. The highest BCUT2D eigenvalue weighted by Crippen LogP contribution is 2.42. The minimum atomic E-state index is -1.08. The second-order valence-electron chi connectivity index (χ2n) is 9.80. The van der Waals surface area contributed by atoms with E-state index in [9.17, 15) is 19.2 Å². The number of aromatic carboxylic acids is 2. The molecule has 2 aliphatic rings. The van der Waals surface area contributed by atoms with E-state index in [2.05, 4.69) is 9.97 Å². The number of hydrogen-bond acceptors (Lipinski definition) is 8. The number of aromatic amines is 1. The third-order valence-electron chi connectivity index (χ3n) is 7.30. The Bertz CT molecular complexity index is 1520. The molecule has 0 spiro atoms. The molecule has 0 bridgehead atoms. The van der Waals surface area contributed by atoms with Crippen molar-refractivity contribution >= 4 is 34.8 Å². The van der Waals surface area contributed by atoms with Gasteiger partial charge < -0.3 is 29.7 Å². The molecule has 2 aromatic carbocycles. The Hall–Kier alpha value is -4.61. The fourth-order valence-corrected chi connectivity index (χ4v) is 4.92. The third-order valence-corrected chi connectivity index (χ3v) is 7.30. The molecular weight excluding hydrogens is 522 g/mol. The number of H-pyrrole nitrogens is 1. The molecular formula is C28H31N3O9. The van der Waals surface area contributed by atoms with Crippen molar-refractivity contribution in [2.75, 3.05) is 32.2 Å². The van der Waals surface area contributed by atoms with Gasteiger partial charge in [-0.3, -0.25) is 14.6 Å². The van der Waals surface area contributed by atoms with Gasteiger partial charge in [0.05, 0.1) is 42.2 Å².